The van der Waals surface area contributed by atoms with Gasteiger partial charge in [0.1, 0.15) is 0 Å². The molecule has 0 unspecified atom stereocenters. The van der Waals surface area contributed by atoms with Crippen molar-refractivity contribution in [2.45, 2.75) is 6.92 Å². The number of hydrogen-bond donors (Lipinski definition) is 0. The second-order valence-corrected chi connectivity index (χ2v) is 4.30. The van der Waals surface area contributed by atoms with Gasteiger partial charge in [-0.25, -0.2) is 4.98 Å². The van der Waals surface area contributed by atoms with Crippen molar-refractivity contribution in [2.75, 3.05) is 6.61 Å². The Morgan fingerprint density at radius 2 is 2.46 bits per heavy atom. The lowest BCUT2D eigenvalue weighted by molar-refractivity contribution is 0.327. The van der Waals surface area contributed by atoms with E-state index >= 15 is 0 Å². The molecule has 0 N–H and O–H groups in total. The molecule has 0 aliphatic rings. The van der Waals surface area contributed by atoms with Crippen molar-refractivity contribution >= 4 is 37.4 Å². The van der Waals surface area contributed by atoms with Crippen LogP contribution in [-0.4, -0.2) is 11.6 Å². The highest BCUT2D eigenvalue weighted by Crippen LogP contribution is 2.31. The Morgan fingerprint density at radius 1 is 1.62 bits per heavy atom. The summed E-state index contributed by atoms with van der Waals surface area (Å²) in [5.41, 5.74) is 0. The number of fused-ring (bicyclic) bond motifs is 1. The Bertz CT molecular complexity index is 426. The van der Waals surface area contributed by atoms with Crippen LogP contribution >= 0.6 is 27.3 Å². The van der Waals surface area contributed by atoms with Crippen LogP contribution in [0.4, 0.5) is 0 Å². The molecule has 68 valence electrons. The fourth-order valence-corrected chi connectivity index (χ4v) is 2.62. The summed E-state index contributed by atoms with van der Waals surface area (Å²) in [5.74, 6) is 0.689. The van der Waals surface area contributed by atoms with Gasteiger partial charge >= 0.3 is 0 Å². The van der Waals surface area contributed by atoms with Crippen LogP contribution in [-0.2, 0) is 0 Å². The number of ether oxygens (including phenoxy) is 1. The van der Waals surface area contributed by atoms with Crippen LogP contribution < -0.4 is 4.74 Å². The maximum atomic E-state index is 5.31. The molecule has 0 radical (unpaired) electrons. The summed E-state index contributed by atoms with van der Waals surface area (Å²) in [6.45, 7) is 2.61. The quantitative estimate of drug-likeness (QED) is 0.822. The maximum absolute atomic E-state index is 5.31. The largest absolute Gasteiger partial charge is 0.478 e. The molecule has 2 nitrogen and oxygen atoms in total. The van der Waals surface area contributed by atoms with Crippen LogP contribution in [0.25, 0.3) is 10.1 Å². The molecule has 0 saturated heterocycles. The SMILES string of the molecule is CCOc1cc2c(Br)csc2cn1. The molecule has 2 aromatic rings. The van der Waals surface area contributed by atoms with Gasteiger partial charge in [-0.05, 0) is 22.9 Å². The van der Waals surface area contributed by atoms with Crippen molar-refractivity contribution in [1.29, 1.82) is 0 Å². The Kier molecular flexibility index (Phi) is 2.51. The average Bonchev–Trinajstić information content (AvgIpc) is 2.49. The number of aromatic nitrogens is 1. The normalized spacial score (nSPS) is 10.6. The lowest BCUT2D eigenvalue weighted by Gasteiger charge is -2.00. The number of rotatable bonds is 2. The number of nitrogens with zero attached hydrogens (tertiary/aromatic N) is 1. The van der Waals surface area contributed by atoms with Crippen LogP contribution in [0.5, 0.6) is 5.88 Å². The monoisotopic (exact) mass is 257 g/mol. The smallest absolute Gasteiger partial charge is 0.213 e. The molecule has 0 aliphatic heterocycles. The van der Waals surface area contributed by atoms with Crippen molar-refractivity contribution < 1.29 is 4.74 Å². The third kappa shape index (κ3) is 1.69. The number of pyridine rings is 1. The molecule has 0 fully saturated rings. The predicted octanol–water partition coefficient (Wildman–Crippen LogP) is 3.46. The Hall–Kier alpha value is -0.610. The van der Waals surface area contributed by atoms with Gasteiger partial charge < -0.3 is 4.74 Å². The van der Waals surface area contributed by atoms with Crippen LogP contribution in [0.3, 0.4) is 0 Å². The molecular formula is C9H8BrNOS. The minimum atomic E-state index is 0.653. The van der Waals surface area contributed by atoms with Gasteiger partial charge in [0, 0.05) is 27.5 Å². The summed E-state index contributed by atoms with van der Waals surface area (Å²) in [7, 11) is 0. The third-order valence-electron chi connectivity index (χ3n) is 1.68. The van der Waals surface area contributed by atoms with Gasteiger partial charge in [0.2, 0.25) is 5.88 Å². The topological polar surface area (TPSA) is 22.1 Å². The second-order valence-electron chi connectivity index (χ2n) is 2.54. The average molecular weight is 258 g/mol. The number of thiophene rings is 1. The first kappa shape index (κ1) is 8.97. The lowest BCUT2D eigenvalue weighted by atomic mass is 10.3. The van der Waals surface area contributed by atoms with E-state index in [2.05, 4.69) is 26.3 Å². The van der Waals surface area contributed by atoms with Gasteiger partial charge in [-0.1, -0.05) is 0 Å². The minimum Gasteiger partial charge on any atom is -0.478 e. The summed E-state index contributed by atoms with van der Waals surface area (Å²) >= 11 is 5.15. The van der Waals surface area contributed by atoms with E-state index in [1.165, 1.54) is 10.1 Å². The molecule has 0 spiro atoms. The zero-order chi connectivity index (χ0) is 9.26. The van der Waals surface area contributed by atoms with E-state index in [4.69, 9.17) is 4.74 Å². The van der Waals surface area contributed by atoms with Gasteiger partial charge in [-0.2, -0.15) is 0 Å². The van der Waals surface area contributed by atoms with Gasteiger partial charge in [0.15, 0.2) is 0 Å². The van der Waals surface area contributed by atoms with Crippen molar-refractivity contribution in [3.63, 3.8) is 0 Å². The van der Waals surface area contributed by atoms with Crippen molar-refractivity contribution in [1.82, 2.24) is 4.98 Å². The van der Waals surface area contributed by atoms with E-state index in [-0.39, 0.29) is 0 Å². The highest BCUT2D eigenvalue weighted by molar-refractivity contribution is 9.10. The third-order valence-corrected chi connectivity index (χ3v) is 3.57. The van der Waals surface area contributed by atoms with Gasteiger partial charge in [-0.15, -0.1) is 11.3 Å². The lowest BCUT2D eigenvalue weighted by Crippen LogP contribution is -1.92. The molecule has 0 aromatic carbocycles. The molecule has 2 aromatic heterocycles. The van der Waals surface area contributed by atoms with Crippen LogP contribution in [0.1, 0.15) is 6.92 Å². The summed E-state index contributed by atoms with van der Waals surface area (Å²) < 4.78 is 7.59. The molecule has 4 heteroatoms. The zero-order valence-electron chi connectivity index (χ0n) is 7.08. The van der Waals surface area contributed by atoms with Crippen LogP contribution in [0.15, 0.2) is 22.1 Å². The van der Waals surface area contributed by atoms with Gasteiger partial charge in [0.05, 0.1) is 11.3 Å². The Labute approximate surface area is 88.7 Å². The minimum absolute atomic E-state index is 0.653. The van der Waals surface area contributed by atoms with E-state index < -0.39 is 0 Å². The fraction of sp³-hybridized carbons (Fsp3) is 0.222. The first-order valence-electron chi connectivity index (χ1n) is 3.97. The molecule has 0 bridgehead atoms. The predicted molar refractivity (Wildman–Crippen MR) is 58.5 cm³/mol. The maximum Gasteiger partial charge on any atom is 0.213 e. The highest BCUT2D eigenvalue weighted by atomic mass is 79.9. The second kappa shape index (κ2) is 3.64. The van der Waals surface area contributed by atoms with Gasteiger partial charge in [-0.3, -0.25) is 0 Å². The summed E-state index contributed by atoms with van der Waals surface area (Å²) in [5, 5.41) is 3.23. The standard InChI is InChI=1S/C9H8BrNOS/c1-2-12-9-3-6-7(10)5-13-8(6)4-11-9/h3-5H,2H2,1H3. The molecule has 2 rings (SSSR count). The van der Waals surface area contributed by atoms with Crippen LogP contribution in [0.2, 0.25) is 0 Å². The van der Waals surface area contributed by atoms with E-state index in [1.54, 1.807) is 11.3 Å². The number of halogens is 1. The molecule has 0 aliphatic carbocycles. The van der Waals surface area contributed by atoms with Crippen LogP contribution in [0, 0.1) is 0 Å². The van der Waals surface area contributed by atoms with Crippen molar-refractivity contribution in [3.05, 3.63) is 22.1 Å². The van der Waals surface area contributed by atoms with E-state index in [0.717, 1.165) is 4.47 Å². The van der Waals surface area contributed by atoms with E-state index in [9.17, 15) is 0 Å². The molecule has 2 heterocycles. The molecular weight excluding hydrogens is 250 g/mol. The first-order chi connectivity index (χ1) is 6.31. The number of hydrogen-bond acceptors (Lipinski definition) is 3. The summed E-state index contributed by atoms with van der Waals surface area (Å²) in [6.07, 6.45) is 1.84. The Balaban J connectivity index is 2.53. The van der Waals surface area contributed by atoms with Crippen molar-refractivity contribution in [3.8, 4) is 5.88 Å². The molecule has 0 saturated carbocycles. The summed E-state index contributed by atoms with van der Waals surface area (Å²) in [4.78, 5) is 4.18. The molecule has 0 amide bonds. The summed E-state index contributed by atoms with van der Waals surface area (Å²) in [6, 6.07) is 1.96. The zero-order valence-corrected chi connectivity index (χ0v) is 9.48. The highest BCUT2D eigenvalue weighted by Gasteiger charge is 2.03. The molecule has 13 heavy (non-hydrogen) atoms. The fourth-order valence-electron chi connectivity index (χ4n) is 1.11. The van der Waals surface area contributed by atoms with E-state index in [0.29, 0.717) is 12.5 Å². The van der Waals surface area contributed by atoms with Crippen molar-refractivity contribution in [2.24, 2.45) is 0 Å². The van der Waals surface area contributed by atoms with E-state index in [1.807, 2.05) is 19.2 Å². The Morgan fingerprint density at radius 3 is 3.23 bits per heavy atom. The van der Waals surface area contributed by atoms with Gasteiger partial charge in [0.25, 0.3) is 0 Å². The molecule has 0 atom stereocenters. The first-order valence-corrected chi connectivity index (χ1v) is 5.64.